The molecule has 11 heteroatoms. The zero-order chi connectivity index (χ0) is 23.9. The van der Waals surface area contributed by atoms with Crippen LogP contribution in [-0.2, 0) is 4.79 Å². The summed E-state index contributed by atoms with van der Waals surface area (Å²) in [7, 11) is 1.51. The van der Waals surface area contributed by atoms with E-state index in [4.69, 9.17) is 21.1 Å². The van der Waals surface area contributed by atoms with E-state index in [0.717, 1.165) is 5.69 Å². The number of carbonyl (C=O) groups excluding carboxylic acids is 2. The molecule has 10 nitrogen and oxygen atoms in total. The Morgan fingerprint density at radius 2 is 1.74 bits per heavy atom. The van der Waals surface area contributed by atoms with Crippen molar-refractivity contribution >= 4 is 34.8 Å². The lowest BCUT2D eigenvalue weighted by molar-refractivity contribution is -0.118. The van der Waals surface area contributed by atoms with E-state index in [-0.39, 0.29) is 23.8 Å². The molecule has 0 aliphatic carbocycles. The van der Waals surface area contributed by atoms with Crippen LogP contribution in [0.1, 0.15) is 10.4 Å². The molecular formula is C23H19ClN6O4. The number of benzene rings is 3. The van der Waals surface area contributed by atoms with Gasteiger partial charge in [-0.25, -0.2) is 4.68 Å². The minimum absolute atomic E-state index is 0.272. The molecule has 0 bridgehead atoms. The van der Waals surface area contributed by atoms with Crippen LogP contribution in [0.25, 0.3) is 5.69 Å². The zero-order valence-electron chi connectivity index (χ0n) is 17.9. The molecular weight excluding hydrogens is 460 g/mol. The average Bonchev–Trinajstić information content (AvgIpc) is 3.39. The molecule has 1 heterocycles. The molecule has 0 saturated heterocycles. The van der Waals surface area contributed by atoms with Crippen molar-refractivity contribution in [2.24, 2.45) is 0 Å². The first-order valence-corrected chi connectivity index (χ1v) is 10.4. The van der Waals surface area contributed by atoms with Gasteiger partial charge in [0, 0.05) is 11.4 Å². The van der Waals surface area contributed by atoms with E-state index in [1.807, 2.05) is 0 Å². The summed E-state index contributed by atoms with van der Waals surface area (Å²) in [4.78, 5) is 25.2. The summed E-state index contributed by atoms with van der Waals surface area (Å²) in [6, 6.07) is 18.5. The maximum Gasteiger partial charge on any atom is 0.262 e. The molecule has 4 rings (SSSR count). The van der Waals surface area contributed by atoms with E-state index >= 15 is 0 Å². The molecule has 0 aliphatic rings. The predicted octanol–water partition coefficient (Wildman–Crippen LogP) is 3.59. The van der Waals surface area contributed by atoms with Crippen LogP contribution >= 0.6 is 11.6 Å². The lowest BCUT2D eigenvalue weighted by atomic mass is 10.2. The largest absolute Gasteiger partial charge is 0.495 e. The van der Waals surface area contributed by atoms with Crippen molar-refractivity contribution in [3.63, 3.8) is 0 Å². The minimum Gasteiger partial charge on any atom is -0.495 e. The topological polar surface area (TPSA) is 120 Å². The first kappa shape index (κ1) is 22.7. The van der Waals surface area contributed by atoms with E-state index in [2.05, 4.69) is 26.2 Å². The number of aromatic nitrogens is 4. The molecule has 4 aromatic rings. The number of methoxy groups -OCH3 is 1. The van der Waals surface area contributed by atoms with E-state index < -0.39 is 5.91 Å². The van der Waals surface area contributed by atoms with E-state index in [1.54, 1.807) is 66.7 Å². The van der Waals surface area contributed by atoms with Gasteiger partial charge in [0.05, 0.1) is 23.4 Å². The lowest BCUT2D eigenvalue weighted by Gasteiger charge is -2.12. The normalized spacial score (nSPS) is 10.4. The monoisotopic (exact) mass is 478 g/mol. The van der Waals surface area contributed by atoms with Crippen LogP contribution in [0, 0.1) is 0 Å². The number of hydrogen-bond donors (Lipinski definition) is 2. The van der Waals surface area contributed by atoms with E-state index in [0.29, 0.717) is 22.1 Å². The van der Waals surface area contributed by atoms with Crippen LogP contribution in [0.4, 0.5) is 11.4 Å². The van der Waals surface area contributed by atoms with Gasteiger partial charge in [0.2, 0.25) is 0 Å². The van der Waals surface area contributed by atoms with Gasteiger partial charge in [-0.3, -0.25) is 9.59 Å². The highest BCUT2D eigenvalue weighted by Gasteiger charge is 2.14. The number of carbonyl (C=O) groups is 2. The number of nitrogens with one attached hydrogen (secondary N) is 2. The van der Waals surface area contributed by atoms with E-state index in [1.165, 1.54) is 18.1 Å². The van der Waals surface area contributed by atoms with Crippen molar-refractivity contribution in [3.8, 4) is 17.2 Å². The van der Waals surface area contributed by atoms with Crippen LogP contribution in [-0.4, -0.2) is 45.7 Å². The number of rotatable bonds is 8. The summed E-state index contributed by atoms with van der Waals surface area (Å²) in [5.41, 5.74) is 2.10. The average molecular weight is 479 g/mol. The van der Waals surface area contributed by atoms with Gasteiger partial charge in [-0.2, -0.15) is 0 Å². The maximum absolute atomic E-state index is 12.8. The Hall–Kier alpha value is -4.44. The molecule has 0 aliphatic heterocycles. The molecule has 0 fully saturated rings. The highest BCUT2D eigenvalue weighted by molar-refractivity contribution is 6.32. The van der Waals surface area contributed by atoms with Gasteiger partial charge in [-0.15, -0.1) is 5.10 Å². The molecule has 0 spiro atoms. The maximum atomic E-state index is 12.8. The summed E-state index contributed by atoms with van der Waals surface area (Å²) in [6.07, 6.45) is 1.47. The van der Waals surface area contributed by atoms with Gasteiger partial charge in [0.25, 0.3) is 11.8 Å². The van der Waals surface area contributed by atoms with Crippen LogP contribution in [0.2, 0.25) is 5.02 Å². The summed E-state index contributed by atoms with van der Waals surface area (Å²) in [5, 5.41) is 16.9. The molecule has 0 atom stereocenters. The minimum atomic E-state index is -0.408. The first-order valence-electron chi connectivity index (χ1n) is 10.0. The third-order valence-electron chi connectivity index (χ3n) is 4.66. The molecule has 0 saturated carbocycles. The second kappa shape index (κ2) is 10.5. The number of anilines is 2. The second-order valence-corrected chi connectivity index (χ2v) is 7.34. The number of tetrazole rings is 1. The molecule has 2 N–H and O–H groups in total. The number of amides is 2. The van der Waals surface area contributed by atoms with Gasteiger partial charge in [0.1, 0.15) is 17.8 Å². The molecule has 2 amide bonds. The van der Waals surface area contributed by atoms with Crippen molar-refractivity contribution in [1.82, 2.24) is 20.2 Å². The van der Waals surface area contributed by atoms with Gasteiger partial charge < -0.3 is 20.1 Å². The highest BCUT2D eigenvalue weighted by atomic mass is 35.5. The number of ether oxygens (including phenoxy) is 2. The van der Waals surface area contributed by atoms with Crippen molar-refractivity contribution < 1.29 is 19.1 Å². The Balaban J connectivity index is 1.38. The Bertz CT molecular complexity index is 1300. The van der Waals surface area contributed by atoms with Gasteiger partial charge in [-0.1, -0.05) is 23.7 Å². The standard InChI is InChI=1S/C23H19ClN6O4/c1-33-21-11-8-16(12-19(21)24)26-22(31)13-34-20-5-3-2-4-18(20)23(32)27-15-6-9-17(10-7-15)30-14-25-28-29-30/h2-12,14H,13H2,1H3,(H,26,31)(H,27,32). The summed E-state index contributed by atoms with van der Waals surface area (Å²) >= 11 is 6.08. The molecule has 3 aromatic carbocycles. The van der Waals surface area contributed by atoms with Crippen LogP contribution in [0.15, 0.2) is 73.1 Å². The fourth-order valence-corrected chi connectivity index (χ4v) is 3.30. The van der Waals surface area contributed by atoms with Crippen molar-refractivity contribution in [2.45, 2.75) is 0 Å². The Labute approximate surface area is 199 Å². The van der Waals surface area contributed by atoms with Gasteiger partial charge in [0.15, 0.2) is 6.61 Å². The highest BCUT2D eigenvalue weighted by Crippen LogP contribution is 2.27. The number of halogens is 1. The second-order valence-electron chi connectivity index (χ2n) is 6.94. The number of hydrogen-bond acceptors (Lipinski definition) is 7. The lowest BCUT2D eigenvalue weighted by Crippen LogP contribution is -2.21. The fourth-order valence-electron chi connectivity index (χ4n) is 3.04. The molecule has 34 heavy (non-hydrogen) atoms. The molecule has 0 radical (unpaired) electrons. The Morgan fingerprint density at radius 1 is 0.971 bits per heavy atom. The van der Waals surface area contributed by atoms with Crippen LogP contribution in [0.3, 0.4) is 0 Å². The van der Waals surface area contributed by atoms with Crippen LogP contribution < -0.4 is 20.1 Å². The third-order valence-corrected chi connectivity index (χ3v) is 4.96. The Morgan fingerprint density at radius 3 is 2.44 bits per heavy atom. The quantitative estimate of drug-likeness (QED) is 0.397. The summed E-state index contributed by atoms with van der Waals surface area (Å²) in [5.74, 6) is -0.0168. The summed E-state index contributed by atoms with van der Waals surface area (Å²) < 4.78 is 12.2. The van der Waals surface area contributed by atoms with Crippen LogP contribution in [0.5, 0.6) is 11.5 Å². The van der Waals surface area contributed by atoms with Crippen molar-refractivity contribution in [3.05, 3.63) is 83.6 Å². The SMILES string of the molecule is COc1ccc(NC(=O)COc2ccccc2C(=O)Nc2ccc(-n3cnnn3)cc2)cc1Cl. The third kappa shape index (κ3) is 5.48. The number of para-hydroxylation sites is 1. The molecule has 172 valence electrons. The summed E-state index contributed by atoms with van der Waals surface area (Å²) in [6.45, 7) is -0.297. The van der Waals surface area contributed by atoms with Gasteiger partial charge in [-0.05, 0) is 65.0 Å². The smallest absolute Gasteiger partial charge is 0.262 e. The predicted molar refractivity (Wildman–Crippen MR) is 126 cm³/mol. The molecule has 0 unspecified atom stereocenters. The van der Waals surface area contributed by atoms with Gasteiger partial charge >= 0.3 is 0 Å². The number of nitrogens with zero attached hydrogens (tertiary/aromatic N) is 4. The Kier molecular flexibility index (Phi) is 6.99. The van der Waals surface area contributed by atoms with Crippen molar-refractivity contribution in [1.29, 1.82) is 0 Å². The molecule has 1 aromatic heterocycles. The van der Waals surface area contributed by atoms with Crippen molar-refractivity contribution in [2.75, 3.05) is 24.4 Å². The fraction of sp³-hybridized carbons (Fsp3) is 0.0870. The van der Waals surface area contributed by atoms with E-state index in [9.17, 15) is 9.59 Å². The zero-order valence-corrected chi connectivity index (χ0v) is 18.7. The first-order chi connectivity index (χ1) is 16.5.